The van der Waals surface area contributed by atoms with Gasteiger partial charge in [0, 0.05) is 20.1 Å². The van der Waals surface area contributed by atoms with E-state index in [1.807, 2.05) is 6.92 Å². The predicted molar refractivity (Wildman–Crippen MR) is 47.2 cm³/mol. The van der Waals surface area contributed by atoms with Crippen LogP contribution in [0.2, 0.25) is 0 Å². The van der Waals surface area contributed by atoms with Crippen LogP contribution in [0.1, 0.15) is 18.3 Å². The highest BCUT2D eigenvalue weighted by Gasteiger charge is 2.09. The fraction of sp³-hybridized carbons (Fsp3) is 0.750. The van der Waals surface area contributed by atoms with Crippen molar-refractivity contribution < 1.29 is 9.84 Å². The summed E-state index contributed by atoms with van der Waals surface area (Å²) in [6, 6.07) is 0. The van der Waals surface area contributed by atoms with E-state index in [4.69, 9.17) is 9.84 Å². The van der Waals surface area contributed by atoms with Crippen LogP contribution >= 0.6 is 0 Å². The Balaban J connectivity index is 2.78. The lowest BCUT2D eigenvalue weighted by Gasteiger charge is -2.03. The van der Waals surface area contributed by atoms with E-state index in [9.17, 15) is 0 Å². The van der Waals surface area contributed by atoms with Gasteiger partial charge in [0.15, 0.2) is 0 Å². The van der Waals surface area contributed by atoms with Gasteiger partial charge in [-0.25, -0.2) is 4.68 Å². The Hall–Kier alpha value is -0.940. The third-order valence-corrected chi connectivity index (χ3v) is 1.91. The Bertz CT molecular complexity index is 238. The fourth-order valence-electron chi connectivity index (χ4n) is 1.22. The van der Waals surface area contributed by atoms with E-state index in [-0.39, 0.29) is 6.61 Å². The fourth-order valence-corrected chi connectivity index (χ4v) is 1.22. The van der Waals surface area contributed by atoms with E-state index in [1.54, 1.807) is 11.8 Å². The molecule has 1 heterocycles. The van der Waals surface area contributed by atoms with Gasteiger partial charge in [-0.2, -0.15) is 0 Å². The second kappa shape index (κ2) is 4.94. The largest absolute Gasteiger partial charge is 0.390 e. The molecule has 0 fully saturated rings. The van der Waals surface area contributed by atoms with Crippen molar-refractivity contribution >= 4 is 0 Å². The number of methoxy groups -OCH3 is 1. The van der Waals surface area contributed by atoms with Crippen LogP contribution in [-0.2, 0) is 24.3 Å². The van der Waals surface area contributed by atoms with Gasteiger partial charge in [0.1, 0.15) is 5.69 Å². The van der Waals surface area contributed by atoms with Gasteiger partial charge in [0.25, 0.3) is 0 Å². The molecule has 1 rings (SSSR count). The summed E-state index contributed by atoms with van der Waals surface area (Å²) in [5.74, 6) is 0. The van der Waals surface area contributed by atoms with Crippen LogP contribution < -0.4 is 0 Å². The summed E-state index contributed by atoms with van der Waals surface area (Å²) in [6.07, 6.45) is 0.743. The van der Waals surface area contributed by atoms with Crippen molar-refractivity contribution in [2.24, 2.45) is 0 Å². The number of aromatic nitrogens is 3. The van der Waals surface area contributed by atoms with Crippen molar-refractivity contribution in [1.29, 1.82) is 0 Å². The molecule has 0 spiro atoms. The minimum Gasteiger partial charge on any atom is -0.390 e. The molecule has 74 valence electrons. The quantitative estimate of drug-likeness (QED) is 0.700. The topological polar surface area (TPSA) is 60.2 Å². The average Bonchev–Trinajstić information content (AvgIpc) is 2.56. The Morgan fingerprint density at radius 2 is 2.31 bits per heavy atom. The minimum atomic E-state index is -0.0565. The van der Waals surface area contributed by atoms with Crippen LogP contribution in [-0.4, -0.2) is 33.8 Å². The molecule has 1 aromatic heterocycles. The SMILES string of the molecule is CCn1nnc(CO)c1CCOC. The molecule has 0 aromatic carbocycles. The van der Waals surface area contributed by atoms with Crippen LogP contribution in [0.3, 0.4) is 0 Å². The Morgan fingerprint density at radius 3 is 2.85 bits per heavy atom. The molecule has 0 amide bonds. The second-order valence-electron chi connectivity index (χ2n) is 2.70. The lowest BCUT2D eigenvalue weighted by molar-refractivity contribution is 0.199. The third-order valence-electron chi connectivity index (χ3n) is 1.91. The van der Waals surface area contributed by atoms with Gasteiger partial charge in [-0.3, -0.25) is 0 Å². The van der Waals surface area contributed by atoms with Gasteiger partial charge in [-0.05, 0) is 6.92 Å². The van der Waals surface area contributed by atoms with Crippen LogP contribution in [0, 0.1) is 0 Å². The highest BCUT2D eigenvalue weighted by molar-refractivity contribution is 5.09. The van der Waals surface area contributed by atoms with Crippen LogP contribution in [0.25, 0.3) is 0 Å². The Morgan fingerprint density at radius 1 is 1.54 bits per heavy atom. The second-order valence-corrected chi connectivity index (χ2v) is 2.70. The highest BCUT2D eigenvalue weighted by Crippen LogP contribution is 2.06. The van der Waals surface area contributed by atoms with Crippen molar-refractivity contribution in [2.45, 2.75) is 26.5 Å². The number of rotatable bonds is 5. The maximum Gasteiger partial charge on any atom is 0.111 e. The number of aliphatic hydroxyl groups excluding tert-OH is 1. The molecule has 1 N–H and O–H groups in total. The summed E-state index contributed by atoms with van der Waals surface area (Å²) in [7, 11) is 1.65. The molecular formula is C8H15N3O2. The van der Waals surface area contributed by atoms with Gasteiger partial charge in [0.05, 0.1) is 18.9 Å². The lowest BCUT2D eigenvalue weighted by atomic mass is 10.2. The molecule has 13 heavy (non-hydrogen) atoms. The van der Waals surface area contributed by atoms with E-state index >= 15 is 0 Å². The molecule has 0 aliphatic carbocycles. The van der Waals surface area contributed by atoms with Crippen molar-refractivity contribution in [3.8, 4) is 0 Å². The molecule has 0 saturated heterocycles. The van der Waals surface area contributed by atoms with Crippen LogP contribution in [0.5, 0.6) is 0 Å². The van der Waals surface area contributed by atoms with Crippen molar-refractivity contribution in [3.63, 3.8) is 0 Å². The number of nitrogens with zero attached hydrogens (tertiary/aromatic N) is 3. The van der Waals surface area contributed by atoms with Crippen molar-refractivity contribution in [1.82, 2.24) is 15.0 Å². The molecule has 0 aliphatic heterocycles. The van der Waals surface area contributed by atoms with E-state index in [1.165, 1.54) is 0 Å². The average molecular weight is 185 g/mol. The first-order chi connectivity index (χ1) is 6.33. The number of hydrogen-bond acceptors (Lipinski definition) is 4. The molecule has 5 nitrogen and oxygen atoms in total. The Labute approximate surface area is 77.3 Å². The number of aliphatic hydroxyl groups is 1. The molecule has 5 heteroatoms. The van der Waals surface area contributed by atoms with Crippen molar-refractivity contribution in [2.75, 3.05) is 13.7 Å². The molecule has 0 aliphatic rings. The van der Waals surface area contributed by atoms with Gasteiger partial charge in [-0.15, -0.1) is 5.10 Å². The van der Waals surface area contributed by atoms with Gasteiger partial charge < -0.3 is 9.84 Å². The monoisotopic (exact) mass is 185 g/mol. The summed E-state index contributed by atoms with van der Waals surface area (Å²) >= 11 is 0. The van der Waals surface area contributed by atoms with Gasteiger partial charge in [-0.1, -0.05) is 5.21 Å². The molecule has 0 bridgehead atoms. The number of aryl methyl sites for hydroxylation is 1. The van der Waals surface area contributed by atoms with Crippen LogP contribution in [0.15, 0.2) is 0 Å². The predicted octanol–water partition coefficient (Wildman–Crippen LogP) is -0.0208. The minimum absolute atomic E-state index is 0.0565. The first-order valence-corrected chi connectivity index (χ1v) is 4.34. The third kappa shape index (κ3) is 2.26. The smallest absolute Gasteiger partial charge is 0.111 e. The Kier molecular flexibility index (Phi) is 3.85. The lowest BCUT2D eigenvalue weighted by Crippen LogP contribution is -2.07. The van der Waals surface area contributed by atoms with Crippen LogP contribution in [0.4, 0.5) is 0 Å². The summed E-state index contributed by atoms with van der Waals surface area (Å²) in [6.45, 7) is 3.33. The van der Waals surface area contributed by atoms with E-state index in [2.05, 4.69) is 10.3 Å². The van der Waals surface area contributed by atoms with E-state index in [0.29, 0.717) is 12.3 Å². The molecular weight excluding hydrogens is 170 g/mol. The molecule has 0 unspecified atom stereocenters. The zero-order chi connectivity index (χ0) is 9.68. The maximum absolute atomic E-state index is 8.97. The highest BCUT2D eigenvalue weighted by atomic mass is 16.5. The molecule has 0 radical (unpaired) electrons. The summed E-state index contributed by atoms with van der Waals surface area (Å²) < 4.78 is 6.75. The van der Waals surface area contributed by atoms with E-state index in [0.717, 1.165) is 18.7 Å². The van der Waals surface area contributed by atoms with Gasteiger partial charge >= 0.3 is 0 Å². The number of hydrogen-bond donors (Lipinski definition) is 1. The van der Waals surface area contributed by atoms with Crippen molar-refractivity contribution in [3.05, 3.63) is 11.4 Å². The molecule has 1 aromatic rings. The van der Waals surface area contributed by atoms with Gasteiger partial charge in [0.2, 0.25) is 0 Å². The maximum atomic E-state index is 8.97. The normalized spacial score (nSPS) is 10.7. The zero-order valence-electron chi connectivity index (χ0n) is 8.03. The molecule has 0 saturated carbocycles. The zero-order valence-corrected chi connectivity index (χ0v) is 8.03. The number of ether oxygens (including phenoxy) is 1. The summed E-state index contributed by atoms with van der Waals surface area (Å²) in [4.78, 5) is 0. The molecule has 0 atom stereocenters. The summed E-state index contributed by atoms with van der Waals surface area (Å²) in [5.41, 5.74) is 1.62. The summed E-state index contributed by atoms with van der Waals surface area (Å²) in [5, 5.41) is 16.7. The standard InChI is InChI=1S/C8H15N3O2/c1-3-11-8(4-5-13-2)7(6-12)9-10-11/h12H,3-6H2,1-2H3. The first kappa shape index (κ1) is 10.1. The first-order valence-electron chi connectivity index (χ1n) is 4.34. The van der Waals surface area contributed by atoms with E-state index < -0.39 is 0 Å².